The number of fused-ring (bicyclic) bond motifs is 2. The van der Waals surface area contributed by atoms with Crippen molar-refractivity contribution < 1.29 is 26.8 Å². The van der Waals surface area contributed by atoms with Crippen LogP contribution in [0.3, 0.4) is 0 Å². The molecular weight excluding hydrogens is 775 g/mol. The number of benzene rings is 4. The van der Waals surface area contributed by atoms with Crippen LogP contribution in [0, 0.1) is 56.4 Å². The van der Waals surface area contributed by atoms with Crippen LogP contribution in [0.15, 0.2) is 130 Å². The Kier molecular flexibility index (Phi) is 14.2. The third kappa shape index (κ3) is 9.10. The van der Waals surface area contributed by atoms with E-state index in [2.05, 4.69) is 132 Å². The van der Waals surface area contributed by atoms with Crippen LogP contribution in [-0.2, 0) is 18.0 Å². The molecule has 0 fully saturated rings. The van der Waals surface area contributed by atoms with Crippen molar-refractivity contribution in [2.75, 3.05) is 0 Å². The van der Waals surface area contributed by atoms with Gasteiger partial charge in [-0.25, -0.2) is 0 Å². The molecule has 0 bridgehead atoms. The predicted molar refractivity (Wildman–Crippen MR) is 224 cm³/mol. The second-order valence-electron chi connectivity index (χ2n) is 12.7. The van der Waals surface area contributed by atoms with Crippen molar-refractivity contribution in [1.29, 1.82) is 0 Å². The second-order valence-corrected chi connectivity index (χ2v) is 26.3. The summed E-state index contributed by atoms with van der Waals surface area (Å²) in [6, 6.07) is 42.9. The van der Waals surface area contributed by atoms with Crippen LogP contribution < -0.4 is 0 Å². The zero-order chi connectivity index (χ0) is 35.5. The summed E-state index contributed by atoms with van der Waals surface area (Å²) >= 11 is -1.79. The first kappa shape index (κ1) is 41.1. The summed E-state index contributed by atoms with van der Waals surface area (Å²) in [5.74, 6) is 3.77. The average molecular weight is 819 g/mol. The summed E-state index contributed by atoms with van der Waals surface area (Å²) in [5, 5.41) is 5.14. The molecule has 0 saturated heterocycles. The maximum absolute atomic E-state index is 5.81. The first-order valence-electron chi connectivity index (χ1n) is 16.6. The first-order valence-corrected chi connectivity index (χ1v) is 27.1. The van der Waals surface area contributed by atoms with Crippen molar-refractivity contribution in [2.45, 2.75) is 41.5 Å². The Morgan fingerprint density at radius 2 is 0.865 bits per heavy atom. The molecule has 0 aliphatic heterocycles. The van der Waals surface area contributed by atoms with E-state index in [1.54, 1.807) is 0 Å². The fraction of sp³-hybridized carbons (Fsp3) is 0.130. The van der Waals surface area contributed by atoms with Crippen molar-refractivity contribution in [2.24, 2.45) is 0 Å². The molecule has 6 heteroatoms. The average Bonchev–Trinajstić information content (AvgIpc) is 3.90. The monoisotopic (exact) mass is 816 g/mol. The van der Waals surface area contributed by atoms with Gasteiger partial charge in [0.05, 0.1) is 23.0 Å². The third-order valence-electron chi connectivity index (χ3n) is 9.23. The summed E-state index contributed by atoms with van der Waals surface area (Å²) < 4.78 is 11.6. The van der Waals surface area contributed by atoms with E-state index in [-0.39, 0.29) is 14.9 Å². The Labute approximate surface area is 326 Å². The molecule has 0 saturated carbocycles. The van der Waals surface area contributed by atoms with Gasteiger partial charge in [-0.1, -0.05) is 94.0 Å². The van der Waals surface area contributed by atoms with Crippen LogP contribution in [0.5, 0.6) is 0 Å². The van der Waals surface area contributed by atoms with E-state index < -0.39 is 18.0 Å². The zero-order valence-electron chi connectivity index (χ0n) is 31.1. The molecule has 0 atom stereocenters. The molecule has 266 valence electrons. The standard InChI is InChI=1S/2C22H19O.2CH3.2ClH.Si.Zr/c2*1-14-11-18-12-19(21-10-9-15(2)23-21)13-20(18)22(16(14)3)17-7-5-4-6-8-17;;;;;;/h2*4-13H,1-3H3;2*1H3;2*1H;;/q4*-1;;;;+2/p-2. The van der Waals surface area contributed by atoms with Crippen molar-refractivity contribution >= 4 is 45.4 Å². The molecule has 0 amide bonds. The number of rotatable bonds is 4. The van der Waals surface area contributed by atoms with Crippen LogP contribution in [0.25, 0.3) is 66.4 Å². The van der Waals surface area contributed by atoms with Gasteiger partial charge < -0.3 is 23.7 Å². The van der Waals surface area contributed by atoms with Gasteiger partial charge in [-0.3, -0.25) is 0 Å². The Morgan fingerprint density at radius 3 is 1.17 bits per heavy atom. The van der Waals surface area contributed by atoms with Gasteiger partial charge in [0.1, 0.15) is 0 Å². The van der Waals surface area contributed by atoms with Gasteiger partial charge in [-0.15, -0.1) is 57.9 Å². The molecule has 0 N–H and O–H groups in total. The number of aryl methyl sites for hydroxylation is 4. The fourth-order valence-electron chi connectivity index (χ4n) is 6.62. The minimum absolute atomic E-state index is 0. The van der Waals surface area contributed by atoms with E-state index in [1.807, 2.05) is 38.1 Å². The summed E-state index contributed by atoms with van der Waals surface area (Å²) in [6.45, 7) is 15.8. The van der Waals surface area contributed by atoms with E-state index >= 15 is 0 Å². The molecule has 0 aliphatic carbocycles. The van der Waals surface area contributed by atoms with Crippen molar-refractivity contribution in [3.05, 3.63) is 170 Å². The normalized spacial score (nSPS) is 10.5. The van der Waals surface area contributed by atoms with Crippen LogP contribution in [0.2, 0.25) is 0 Å². The first-order chi connectivity index (χ1) is 24.0. The van der Waals surface area contributed by atoms with E-state index in [4.69, 9.17) is 25.9 Å². The molecule has 2 heterocycles. The van der Waals surface area contributed by atoms with Crippen LogP contribution in [-0.4, -0.2) is 6.88 Å². The Morgan fingerprint density at radius 1 is 0.519 bits per heavy atom. The van der Waals surface area contributed by atoms with Crippen molar-refractivity contribution in [3.63, 3.8) is 0 Å². The van der Waals surface area contributed by atoms with Crippen LogP contribution >= 0.6 is 17.0 Å². The van der Waals surface area contributed by atoms with Gasteiger partial charge in [0.2, 0.25) is 0 Å². The molecule has 52 heavy (non-hydrogen) atoms. The Hall–Kier alpha value is -3.66. The molecule has 2 radical (unpaired) electrons. The molecule has 2 aromatic heterocycles. The summed E-state index contributed by atoms with van der Waals surface area (Å²) in [5.41, 5.74) is 12.8. The van der Waals surface area contributed by atoms with Gasteiger partial charge in [0.25, 0.3) is 0 Å². The molecule has 0 spiro atoms. The van der Waals surface area contributed by atoms with E-state index in [0.29, 0.717) is 0 Å². The molecule has 0 aliphatic rings. The fourth-order valence-corrected chi connectivity index (χ4v) is 6.62. The third-order valence-corrected chi connectivity index (χ3v) is 9.23. The second kappa shape index (κ2) is 17.9. The number of hydrogen-bond donors (Lipinski definition) is 0. The molecular formula is C46H44Cl2O2SiZr-4. The summed E-state index contributed by atoms with van der Waals surface area (Å²) in [4.78, 5) is 0. The predicted octanol–water partition coefficient (Wildman–Crippen LogP) is 14.7. The van der Waals surface area contributed by atoms with E-state index in [9.17, 15) is 0 Å². The number of hydrogen-bond acceptors (Lipinski definition) is 2. The van der Waals surface area contributed by atoms with E-state index in [1.165, 1.54) is 66.1 Å². The Balaban J connectivity index is 0.000000204. The molecule has 0 unspecified atom stereocenters. The minimum atomic E-state index is -1.79. The molecule has 6 aromatic carbocycles. The zero-order valence-corrected chi connectivity index (χ0v) is 36.1. The van der Waals surface area contributed by atoms with Gasteiger partial charge in [-0.05, 0) is 88.1 Å². The van der Waals surface area contributed by atoms with Crippen LogP contribution in [0.1, 0.15) is 33.8 Å². The Bertz CT molecular complexity index is 2260. The number of furan rings is 2. The topological polar surface area (TPSA) is 26.3 Å². The van der Waals surface area contributed by atoms with Crippen LogP contribution in [0.4, 0.5) is 0 Å². The van der Waals surface area contributed by atoms with Gasteiger partial charge in [-0.2, -0.15) is 0 Å². The molecule has 8 rings (SSSR count). The maximum atomic E-state index is 5.81. The van der Waals surface area contributed by atoms with E-state index in [0.717, 1.165) is 34.2 Å². The van der Waals surface area contributed by atoms with Gasteiger partial charge in [0.15, 0.2) is 0 Å². The molecule has 8 aromatic rings. The summed E-state index contributed by atoms with van der Waals surface area (Å²) in [7, 11) is 10.3. The van der Waals surface area contributed by atoms with Crippen molar-refractivity contribution in [3.8, 4) is 44.9 Å². The SMILES string of the molecule is Cc1ccc(-c2cc3c(-c4ccccc4)c(C)c(C)cc3[cH-]2)o1.Cc1ccc(-c2cc3c(-c4ccccc4)c(C)c(C)cc3[cH-]2)o1.[CH3-].[CH3-].[Si]=[Zr]([Cl])[Cl]. The quantitative estimate of drug-likeness (QED) is 0.131. The number of halogens is 2. The van der Waals surface area contributed by atoms with Crippen molar-refractivity contribution in [1.82, 2.24) is 0 Å². The molecule has 2 nitrogen and oxygen atoms in total. The van der Waals surface area contributed by atoms with Gasteiger partial charge in [0, 0.05) is 0 Å². The summed E-state index contributed by atoms with van der Waals surface area (Å²) in [6.07, 6.45) is 0. The van der Waals surface area contributed by atoms with Gasteiger partial charge >= 0.3 is 41.9 Å².